The standard InChI is InChI=1S/C13H20N2O/c1-3-14-15-10(2)16-9-4-11-12(5-6-12)13(11)7-8-13/h3,11,14H,1,4-9H2,2H3/b15-10+. The lowest BCUT2D eigenvalue weighted by Gasteiger charge is -2.04. The number of rotatable bonds is 5. The van der Waals surface area contributed by atoms with Crippen LogP contribution in [0.4, 0.5) is 0 Å². The van der Waals surface area contributed by atoms with Crippen LogP contribution in [0.15, 0.2) is 17.9 Å². The van der Waals surface area contributed by atoms with E-state index in [9.17, 15) is 0 Å². The van der Waals surface area contributed by atoms with Gasteiger partial charge in [0.15, 0.2) is 0 Å². The minimum Gasteiger partial charge on any atom is -0.480 e. The van der Waals surface area contributed by atoms with Crippen LogP contribution < -0.4 is 5.43 Å². The van der Waals surface area contributed by atoms with Crippen molar-refractivity contribution < 1.29 is 4.74 Å². The summed E-state index contributed by atoms with van der Waals surface area (Å²) >= 11 is 0. The number of nitrogens with zero attached hydrogens (tertiary/aromatic N) is 1. The highest BCUT2D eigenvalue weighted by atomic mass is 16.5. The van der Waals surface area contributed by atoms with Crippen LogP contribution in [0.1, 0.15) is 39.0 Å². The second-order valence-electron chi connectivity index (χ2n) is 5.47. The third kappa shape index (κ3) is 1.30. The minimum absolute atomic E-state index is 0.704. The summed E-state index contributed by atoms with van der Waals surface area (Å²) in [5, 5.41) is 3.99. The van der Waals surface area contributed by atoms with Crippen molar-refractivity contribution in [3.8, 4) is 0 Å². The zero-order chi connectivity index (χ0) is 11.2. The monoisotopic (exact) mass is 220 g/mol. The van der Waals surface area contributed by atoms with Crippen LogP contribution in [0.3, 0.4) is 0 Å². The molecule has 0 unspecified atom stereocenters. The number of nitrogens with one attached hydrogen (secondary N) is 1. The molecule has 3 fully saturated rings. The lowest BCUT2D eigenvalue weighted by Crippen LogP contribution is -2.07. The maximum atomic E-state index is 5.58. The maximum absolute atomic E-state index is 5.58. The molecular formula is C13H20N2O. The Morgan fingerprint density at radius 2 is 2.06 bits per heavy atom. The molecule has 0 aromatic heterocycles. The first-order chi connectivity index (χ1) is 7.75. The van der Waals surface area contributed by atoms with Crippen LogP contribution in [0, 0.1) is 16.7 Å². The lowest BCUT2D eigenvalue weighted by atomic mass is 10.2. The van der Waals surface area contributed by atoms with Gasteiger partial charge in [-0.05, 0) is 48.9 Å². The van der Waals surface area contributed by atoms with Gasteiger partial charge in [0.1, 0.15) is 0 Å². The highest BCUT2D eigenvalue weighted by molar-refractivity contribution is 5.72. The van der Waals surface area contributed by atoms with Crippen molar-refractivity contribution in [1.29, 1.82) is 0 Å². The Balaban J connectivity index is 1.40. The summed E-state index contributed by atoms with van der Waals surface area (Å²) in [6.45, 7) is 6.23. The van der Waals surface area contributed by atoms with E-state index in [0.717, 1.165) is 23.4 Å². The average molecular weight is 220 g/mol. The smallest absolute Gasteiger partial charge is 0.202 e. The van der Waals surface area contributed by atoms with E-state index in [4.69, 9.17) is 4.74 Å². The van der Waals surface area contributed by atoms with Crippen molar-refractivity contribution in [2.24, 2.45) is 21.8 Å². The van der Waals surface area contributed by atoms with E-state index in [1.54, 1.807) is 6.20 Å². The highest BCUT2D eigenvalue weighted by Crippen LogP contribution is 2.93. The highest BCUT2D eigenvalue weighted by Gasteiger charge is 2.85. The van der Waals surface area contributed by atoms with Crippen molar-refractivity contribution in [2.75, 3.05) is 6.61 Å². The molecule has 0 radical (unpaired) electrons. The second-order valence-corrected chi connectivity index (χ2v) is 5.47. The van der Waals surface area contributed by atoms with Gasteiger partial charge >= 0.3 is 0 Å². The Bertz CT molecular complexity index is 322. The van der Waals surface area contributed by atoms with Gasteiger partial charge in [-0.2, -0.15) is 0 Å². The summed E-state index contributed by atoms with van der Waals surface area (Å²) in [5.41, 5.74) is 4.30. The Morgan fingerprint density at radius 1 is 1.44 bits per heavy atom. The van der Waals surface area contributed by atoms with Crippen LogP contribution in [-0.4, -0.2) is 12.5 Å². The van der Waals surface area contributed by atoms with Crippen LogP contribution in [0.25, 0.3) is 0 Å². The van der Waals surface area contributed by atoms with E-state index in [2.05, 4.69) is 17.1 Å². The van der Waals surface area contributed by atoms with Gasteiger partial charge in [0.2, 0.25) is 5.90 Å². The molecule has 3 aliphatic carbocycles. The Hall–Kier alpha value is -0.990. The number of hydrogen-bond donors (Lipinski definition) is 1. The molecule has 3 nitrogen and oxygen atoms in total. The zero-order valence-corrected chi connectivity index (χ0v) is 9.96. The fourth-order valence-corrected chi connectivity index (χ4v) is 3.85. The normalized spacial score (nSPS) is 31.3. The molecule has 0 aliphatic heterocycles. The summed E-state index contributed by atoms with van der Waals surface area (Å²) in [6.07, 6.45) is 8.73. The SMILES string of the molecule is C=CN/N=C(\C)OCCC1C2(CC2)C12CC2. The molecule has 3 heteroatoms. The molecule has 2 spiro atoms. The van der Waals surface area contributed by atoms with Crippen molar-refractivity contribution in [3.63, 3.8) is 0 Å². The van der Waals surface area contributed by atoms with Crippen LogP contribution in [-0.2, 0) is 4.74 Å². The van der Waals surface area contributed by atoms with Gasteiger partial charge in [-0.15, -0.1) is 5.10 Å². The van der Waals surface area contributed by atoms with E-state index in [0.29, 0.717) is 5.90 Å². The molecule has 0 heterocycles. The largest absolute Gasteiger partial charge is 0.480 e. The molecule has 0 aromatic rings. The van der Waals surface area contributed by atoms with Gasteiger partial charge in [-0.3, -0.25) is 5.43 Å². The number of fused-ring (bicyclic) bond motifs is 1. The van der Waals surface area contributed by atoms with Gasteiger partial charge in [0.25, 0.3) is 0 Å². The molecular weight excluding hydrogens is 200 g/mol. The van der Waals surface area contributed by atoms with Gasteiger partial charge in [-0.1, -0.05) is 6.58 Å². The van der Waals surface area contributed by atoms with Crippen molar-refractivity contribution in [1.82, 2.24) is 5.43 Å². The minimum atomic E-state index is 0.704. The molecule has 3 saturated carbocycles. The Morgan fingerprint density at radius 3 is 2.56 bits per heavy atom. The molecule has 0 saturated heterocycles. The summed E-state index contributed by atoms with van der Waals surface area (Å²) < 4.78 is 5.58. The molecule has 0 amide bonds. The first kappa shape index (κ1) is 10.2. The molecule has 3 aliphatic rings. The molecule has 16 heavy (non-hydrogen) atoms. The van der Waals surface area contributed by atoms with E-state index >= 15 is 0 Å². The first-order valence-corrected chi connectivity index (χ1v) is 6.29. The molecule has 3 rings (SSSR count). The van der Waals surface area contributed by atoms with E-state index in [1.165, 1.54) is 32.1 Å². The van der Waals surface area contributed by atoms with Gasteiger partial charge in [0, 0.05) is 13.1 Å². The van der Waals surface area contributed by atoms with Gasteiger partial charge in [-0.25, -0.2) is 0 Å². The van der Waals surface area contributed by atoms with Gasteiger partial charge < -0.3 is 4.74 Å². The molecule has 0 aromatic carbocycles. The Kier molecular flexibility index (Phi) is 2.07. The van der Waals surface area contributed by atoms with Crippen LogP contribution in [0.5, 0.6) is 0 Å². The first-order valence-electron chi connectivity index (χ1n) is 6.29. The summed E-state index contributed by atoms with van der Waals surface area (Å²) in [5.74, 6) is 1.68. The number of hydrogen-bond acceptors (Lipinski definition) is 3. The second kappa shape index (κ2) is 3.25. The van der Waals surface area contributed by atoms with Crippen molar-refractivity contribution in [2.45, 2.75) is 39.0 Å². The third-order valence-corrected chi connectivity index (χ3v) is 4.85. The molecule has 1 N–H and O–H groups in total. The van der Waals surface area contributed by atoms with Crippen molar-refractivity contribution in [3.05, 3.63) is 12.8 Å². The molecule has 88 valence electrons. The van der Waals surface area contributed by atoms with Crippen LogP contribution in [0.2, 0.25) is 0 Å². The predicted octanol–water partition coefficient (Wildman–Crippen LogP) is 2.65. The topological polar surface area (TPSA) is 33.6 Å². The maximum Gasteiger partial charge on any atom is 0.202 e. The van der Waals surface area contributed by atoms with Crippen LogP contribution >= 0.6 is 0 Å². The lowest BCUT2D eigenvalue weighted by molar-refractivity contribution is 0.279. The fourth-order valence-electron chi connectivity index (χ4n) is 3.85. The van der Waals surface area contributed by atoms with Gasteiger partial charge in [0.05, 0.1) is 6.61 Å². The molecule has 0 bridgehead atoms. The van der Waals surface area contributed by atoms with Crippen molar-refractivity contribution >= 4 is 5.90 Å². The summed E-state index contributed by atoms with van der Waals surface area (Å²) in [4.78, 5) is 0. The molecule has 0 atom stereocenters. The number of hydrazone groups is 1. The van der Waals surface area contributed by atoms with E-state index < -0.39 is 0 Å². The third-order valence-electron chi connectivity index (χ3n) is 4.85. The Labute approximate surface area is 96.9 Å². The quantitative estimate of drug-likeness (QED) is 0.439. The van der Waals surface area contributed by atoms with E-state index in [1.807, 2.05) is 6.92 Å². The fraction of sp³-hybridized carbons (Fsp3) is 0.769. The average Bonchev–Trinajstić information content (AvgIpc) is 3.14. The summed E-state index contributed by atoms with van der Waals surface area (Å²) in [7, 11) is 0. The van der Waals surface area contributed by atoms with E-state index in [-0.39, 0.29) is 0 Å². The number of ether oxygens (including phenoxy) is 1. The summed E-state index contributed by atoms with van der Waals surface area (Å²) in [6, 6.07) is 0. The zero-order valence-electron chi connectivity index (χ0n) is 9.96. The predicted molar refractivity (Wildman–Crippen MR) is 63.8 cm³/mol.